The minimum Gasteiger partial charge on any atom is -0.325 e. The Bertz CT molecular complexity index is 790. The maximum absolute atomic E-state index is 12.5. The van der Waals surface area contributed by atoms with Gasteiger partial charge >= 0.3 is 0 Å². The van der Waals surface area contributed by atoms with Crippen molar-refractivity contribution in [3.63, 3.8) is 0 Å². The number of hydrogen-bond acceptors (Lipinski definition) is 3. The second-order valence-electron chi connectivity index (χ2n) is 5.65. The van der Waals surface area contributed by atoms with E-state index in [4.69, 9.17) is 0 Å². The van der Waals surface area contributed by atoms with E-state index >= 15 is 0 Å². The molecule has 2 N–H and O–H groups in total. The zero-order valence-electron chi connectivity index (χ0n) is 13.4. The lowest BCUT2D eigenvalue weighted by Crippen LogP contribution is -2.47. The first-order valence-corrected chi connectivity index (χ1v) is 9.99. The number of benzene rings is 2. The molecule has 1 atom stereocenters. The summed E-state index contributed by atoms with van der Waals surface area (Å²) in [6.45, 7) is 3.59. The number of nitrogens with one attached hydrogen (secondary N) is 2. The van der Waals surface area contributed by atoms with Crippen LogP contribution in [0.3, 0.4) is 0 Å². The molecule has 0 saturated carbocycles. The topological polar surface area (TPSA) is 75.3 Å². The number of hydrogen-bond donors (Lipinski definition) is 2. The van der Waals surface area contributed by atoms with Crippen molar-refractivity contribution in [2.24, 2.45) is 5.92 Å². The fourth-order valence-corrected chi connectivity index (χ4v) is 3.81. The SMILES string of the molecule is CC(C)[C@H](NS(=O)(=O)c1ccccc1)C(=O)Nc1ccc(I)cc1. The normalized spacial score (nSPS) is 12.8. The molecule has 0 saturated heterocycles. The second kappa shape index (κ2) is 8.09. The van der Waals surface area contributed by atoms with E-state index in [0.29, 0.717) is 5.69 Å². The van der Waals surface area contributed by atoms with Crippen LogP contribution in [0.25, 0.3) is 0 Å². The Morgan fingerprint density at radius 2 is 1.58 bits per heavy atom. The van der Waals surface area contributed by atoms with Crippen molar-refractivity contribution >= 4 is 44.2 Å². The molecule has 0 aliphatic carbocycles. The molecule has 1 amide bonds. The Kier molecular flexibility index (Phi) is 6.36. The fourth-order valence-electron chi connectivity index (χ4n) is 2.08. The van der Waals surface area contributed by atoms with Crippen LogP contribution in [-0.2, 0) is 14.8 Å². The minimum absolute atomic E-state index is 0.137. The molecule has 0 heterocycles. The van der Waals surface area contributed by atoms with E-state index in [2.05, 4.69) is 32.6 Å². The Hall–Kier alpha value is -1.45. The molecule has 2 aromatic carbocycles. The van der Waals surface area contributed by atoms with Gasteiger partial charge in [-0.25, -0.2) is 8.42 Å². The number of amides is 1. The number of carbonyl (C=O) groups excluding carboxylic acids is 1. The van der Waals surface area contributed by atoms with Crippen molar-refractivity contribution in [1.29, 1.82) is 0 Å². The third-order valence-corrected chi connectivity index (χ3v) is 5.57. The summed E-state index contributed by atoms with van der Waals surface area (Å²) in [4.78, 5) is 12.6. The molecule has 0 bridgehead atoms. The monoisotopic (exact) mass is 458 g/mol. The lowest BCUT2D eigenvalue weighted by molar-refractivity contribution is -0.118. The molecule has 0 fully saturated rings. The van der Waals surface area contributed by atoms with Crippen molar-refractivity contribution in [1.82, 2.24) is 4.72 Å². The van der Waals surface area contributed by atoms with Gasteiger partial charge in [0.1, 0.15) is 6.04 Å². The Labute approximate surface area is 156 Å². The Morgan fingerprint density at radius 3 is 2.12 bits per heavy atom. The number of halogens is 1. The smallest absolute Gasteiger partial charge is 0.242 e. The summed E-state index contributed by atoms with van der Waals surface area (Å²) in [5, 5.41) is 2.76. The van der Waals surface area contributed by atoms with Crippen LogP contribution in [0.4, 0.5) is 5.69 Å². The number of rotatable bonds is 6. The first-order chi connectivity index (χ1) is 11.3. The summed E-state index contributed by atoms with van der Waals surface area (Å²) in [5.74, 6) is -0.585. The quantitative estimate of drug-likeness (QED) is 0.653. The highest BCUT2D eigenvalue weighted by Gasteiger charge is 2.28. The molecule has 0 radical (unpaired) electrons. The summed E-state index contributed by atoms with van der Waals surface area (Å²) in [6.07, 6.45) is 0. The van der Waals surface area contributed by atoms with E-state index in [0.717, 1.165) is 3.57 Å². The summed E-state index contributed by atoms with van der Waals surface area (Å²) < 4.78 is 28.5. The van der Waals surface area contributed by atoms with Crippen LogP contribution in [0.2, 0.25) is 0 Å². The fraction of sp³-hybridized carbons (Fsp3) is 0.235. The summed E-state index contributed by atoms with van der Waals surface area (Å²) in [6, 6.07) is 14.5. The van der Waals surface area contributed by atoms with Gasteiger partial charge in [-0.1, -0.05) is 32.0 Å². The third kappa shape index (κ3) is 5.02. The van der Waals surface area contributed by atoms with E-state index in [9.17, 15) is 13.2 Å². The van der Waals surface area contributed by atoms with E-state index < -0.39 is 16.1 Å². The van der Waals surface area contributed by atoms with Gasteiger partial charge < -0.3 is 5.32 Å². The molecule has 2 aromatic rings. The van der Waals surface area contributed by atoms with E-state index in [1.165, 1.54) is 12.1 Å². The van der Waals surface area contributed by atoms with Crippen LogP contribution in [-0.4, -0.2) is 20.4 Å². The van der Waals surface area contributed by atoms with Crippen molar-refractivity contribution in [3.8, 4) is 0 Å². The van der Waals surface area contributed by atoms with Crippen molar-refractivity contribution in [2.75, 3.05) is 5.32 Å². The van der Waals surface area contributed by atoms with E-state index in [-0.39, 0.29) is 16.7 Å². The van der Waals surface area contributed by atoms with Crippen LogP contribution in [0.5, 0.6) is 0 Å². The van der Waals surface area contributed by atoms with Gasteiger partial charge in [0.2, 0.25) is 15.9 Å². The maximum atomic E-state index is 12.5. The van der Waals surface area contributed by atoms with Crippen molar-refractivity contribution in [3.05, 3.63) is 58.2 Å². The molecule has 5 nitrogen and oxygen atoms in total. The molecule has 7 heteroatoms. The van der Waals surface area contributed by atoms with Crippen LogP contribution in [0.1, 0.15) is 13.8 Å². The molecular formula is C17H19IN2O3S. The van der Waals surface area contributed by atoms with Gasteiger partial charge in [0.15, 0.2) is 0 Å². The number of anilines is 1. The van der Waals surface area contributed by atoms with Crippen molar-refractivity contribution < 1.29 is 13.2 Å². The molecule has 0 spiro atoms. The highest BCUT2D eigenvalue weighted by Crippen LogP contribution is 2.15. The van der Waals surface area contributed by atoms with Crippen LogP contribution < -0.4 is 10.0 Å². The molecule has 24 heavy (non-hydrogen) atoms. The molecule has 128 valence electrons. The molecule has 0 aromatic heterocycles. The lowest BCUT2D eigenvalue weighted by atomic mass is 10.0. The van der Waals surface area contributed by atoms with Gasteiger partial charge in [0.25, 0.3) is 0 Å². The summed E-state index contributed by atoms with van der Waals surface area (Å²) >= 11 is 2.17. The van der Waals surface area contributed by atoms with Gasteiger partial charge in [-0.2, -0.15) is 4.72 Å². The first-order valence-electron chi connectivity index (χ1n) is 7.43. The van der Waals surface area contributed by atoms with Gasteiger partial charge in [-0.05, 0) is 64.9 Å². The van der Waals surface area contributed by atoms with Gasteiger partial charge in [0, 0.05) is 9.26 Å². The first kappa shape index (κ1) is 18.9. The average molecular weight is 458 g/mol. The summed E-state index contributed by atoms with van der Waals surface area (Å²) in [7, 11) is -3.76. The minimum atomic E-state index is -3.76. The highest BCUT2D eigenvalue weighted by atomic mass is 127. The second-order valence-corrected chi connectivity index (χ2v) is 8.61. The van der Waals surface area contributed by atoms with Gasteiger partial charge in [-0.3, -0.25) is 4.79 Å². The Balaban J connectivity index is 2.17. The molecule has 0 aliphatic rings. The Morgan fingerprint density at radius 1 is 1.00 bits per heavy atom. The summed E-state index contributed by atoms with van der Waals surface area (Å²) in [5.41, 5.74) is 0.630. The highest BCUT2D eigenvalue weighted by molar-refractivity contribution is 14.1. The molecule has 2 rings (SSSR count). The van der Waals surface area contributed by atoms with Gasteiger partial charge in [-0.15, -0.1) is 0 Å². The molecular weight excluding hydrogens is 439 g/mol. The van der Waals surface area contributed by atoms with E-state index in [1.807, 2.05) is 12.1 Å². The van der Waals surface area contributed by atoms with Crippen LogP contribution in [0.15, 0.2) is 59.5 Å². The number of sulfonamides is 1. The predicted molar refractivity (Wildman–Crippen MR) is 103 cm³/mol. The maximum Gasteiger partial charge on any atom is 0.242 e. The zero-order valence-corrected chi connectivity index (χ0v) is 16.3. The van der Waals surface area contributed by atoms with Crippen LogP contribution in [0, 0.1) is 9.49 Å². The molecule has 0 aliphatic heterocycles. The van der Waals surface area contributed by atoms with Crippen molar-refractivity contribution in [2.45, 2.75) is 24.8 Å². The van der Waals surface area contributed by atoms with E-state index in [1.54, 1.807) is 44.2 Å². The third-order valence-electron chi connectivity index (χ3n) is 3.40. The largest absolute Gasteiger partial charge is 0.325 e. The van der Waals surface area contributed by atoms with Gasteiger partial charge in [0.05, 0.1) is 4.90 Å². The molecule has 0 unspecified atom stereocenters. The number of carbonyl (C=O) groups is 1. The average Bonchev–Trinajstić information content (AvgIpc) is 2.55. The van der Waals surface area contributed by atoms with Crippen LogP contribution >= 0.6 is 22.6 Å². The lowest BCUT2D eigenvalue weighted by Gasteiger charge is -2.21. The standard InChI is InChI=1S/C17H19IN2O3S/c1-12(2)16(17(21)19-14-10-8-13(18)9-11-14)20-24(22,23)15-6-4-3-5-7-15/h3-12,16,20H,1-2H3,(H,19,21)/t16-/m0/s1. The predicted octanol–water partition coefficient (Wildman–Crippen LogP) is 3.23. The zero-order chi connectivity index (χ0) is 17.7.